The molecule has 0 saturated heterocycles. The Morgan fingerprint density at radius 3 is 2.76 bits per heavy atom. The topological polar surface area (TPSA) is 87.2 Å². The van der Waals surface area contributed by atoms with Gasteiger partial charge in [0.1, 0.15) is 11.3 Å². The lowest BCUT2D eigenvalue weighted by Crippen LogP contribution is -2.16. The van der Waals surface area contributed by atoms with Crippen LogP contribution in [0.3, 0.4) is 0 Å². The predicted molar refractivity (Wildman–Crippen MR) is 81.9 cm³/mol. The molecule has 0 amide bonds. The number of imidazole rings is 1. The van der Waals surface area contributed by atoms with Crippen molar-refractivity contribution >= 4 is 20.9 Å². The Balaban J connectivity index is 2.46. The lowest BCUT2D eigenvalue weighted by atomic mass is 10.1. The van der Waals surface area contributed by atoms with Gasteiger partial charge in [-0.1, -0.05) is 6.07 Å². The summed E-state index contributed by atoms with van der Waals surface area (Å²) in [5.74, 6) is 0.692. The van der Waals surface area contributed by atoms with E-state index in [0.717, 1.165) is 18.4 Å². The third kappa shape index (κ3) is 3.25. The van der Waals surface area contributed by atoms with Gasteiger partial charge < -0.3 is 15.0 Å². The van der Waals surface area contributed by atoms with Crippen molar-refractivity contribution < 1.29 is 13.2 Å². The number of benzene rings is 1. The van der Waals surface area contributed by atoms with E-state index >= 15 is 0 Å². The second-order valence-electron chi connectivity index (χ2n) is 5.17. The summed E-state index contributed by atoms with van der Waals surface area (Å²) in [6.45, 7) is 0.645. The van der Waals surface area contributed by atoms with Crippen LogP contribution in [0.5, 0.6) is 0 Å². The van der Waals surface area contributed by atoms with E-state index < -0.39 is 9.84 Å². The van der Waals surface area contributed by atoms with Gasteiger partial charge in [0.2, 0.25) is 0 Å². The molecular weight excluding hydrogens is 290 g/mol. The Hall–Kier alpha value is -1.44. The molecule has 1 heterocycles. The minimum Gasteiger partial charge on any atom is -0.385 e. The fourth-order valence-electron chi connectivity index (χ4n) is 2.41. The Labute approximate surface area is 124 Å². The molecule has 0 spiro atoms. The number of hydrogen-bond donors (Lipinski definition) is 1. The van der Waals surface area contributed by atoms with Crippen molar-refractivity contribution in [3.63, 3.8) is 0 Å². The Bertz CT molecular complexity index is 737. The Morgan fingerprint density at radius 1 is 1.43 bits per heavy atom. The molecule has 21 heavy (non-hydrogen) atoms. The van der Waals surface area contributed by atoms with Gasteiger partial charge in [-0.05, 0) is 25.0 Å². The molecule has 0 aliphatic carbocycles. The number of fused-ring (bicyclic) bond motifs is 1. The van der Waals surface area contributed by atoms with E-state index in [9.17, 15) is 8.42 Å². The van der Waals surface area contributed by atoms with Crippen LogP contribution in [0.4, 0.5) is 0 Å². The van der Waals surface area contributed by atoms with Crippen LogP contribution >= 0.6 is 0 Å². The van der Waals surface area contributed by atoms with Crippen molar-refractivity contribution in [2.45, 2.75) is 23.8 Å². The largest absolute Gasteiger partial charge is 0.385 e. The zero-order valence-electron chi connectivity index (χ0n) is 12.5. The number of methoxy groups -OCH3 is 1. The van der Waals surface area contributed by atoms with Crippen LogP contribution in [0.25, 0.3) is 11.0 Å². The average molecular weight is 311 g/mol. The van der Waals surface area contributed by atoms with Gasteiger partial charge in [-0.2, -0.15) is 0 Å². The molecule has 1 aromatic carbocycles. The fraction of sp³-hybridized carbons (Fsp3) is 0.500. The number of nitrogens with zero attached hydrogens (tertiary/aromatic N) is 2. The minimum absolute atomic E-state index is 0.242. The first-order valence-corrected chi connectivity index (χ1v) is 8.65. The highest BCUT2D eigenvalue weighted by Crippen LogP contribution is 2.26. The number of aryl methyl sites for hydroxylation is 1. The molecule has 116 valence electrons. The molecule has 2 N–H and O–H groups in total. The van der Waals surface area contributed by atoms with E-state index in [2.05, 4.69) is 4.98 Å². The molecule has 0 aliphatic heterocycles. The lowest BCUT2D eigenvalue weighted by Gasteiger charge is -2.11. The average Bonchev–Trinajstić information content (AvgIpc) is 2.75. The summed E-state index contributed by atoms with van der Waals surface area (Å²) >= 11 is 0. The van der Waals surface area contributed by atoms with Crippen molar-refractivity contribution in [1.29, 1.82) is 0 Å². The van der Waals surface area contributed by atoms with Gasteiger partial charge in [0.05, 0.1) is 16.5 Å². The molecule has 6 nitrogen and oxygen atoms in total. The normalized spacial score (nSPS) is 13.7. The number of ether oxygens (including phenoxy) is 1. The van der Waals surface area contributed by atoms with Crippen molar-refractivity contribution in [2.75, 3.05) is 20.0 Å². The number of nitrogens with two attached hydrogens (primary N) is 1. The van der Waals surface area contributed by atoms with Gasteiger partial charge in [-0.25, -0.2) is 13.4 Å². The monoisotopic (exact) mass is 311 g/mol. The molecule has 0 saturated carbocycles. The summed E-state index contributed by atoms with van der Waals surface area (Å²) in [6.07, 6.45) is 2.76. The molecular formula is C14H21N3O3S. The van der Waals surface area contributed by atoms with Crippen molar-refractivity contribution in [2.24, 2.45) is 12.8 Å². The van der Waals surface area contributed by atoms with Crippen LogP contribution in [0.15, 0.2) is 23.1 Å². The maximum atomic E-state index is 11.9. The van der Waals surface area contributed by atoms with Gasteiger partial charge in [0, 0.05) is 27.0 Å². The highest BCUT2D eigenvalue weighted by molar-refractivity contribution is 7.91. The summed E-state index contributed by atoms with van der Waals surface area (Å²) < 4.78 is 30.6. The minimum atomic E-state index is -3.32. The van der Waals surface area contributed by atoms with Gasteiger partial charge in [-0.15, -0.1) is 0 Å². The fourth-order valence-corrected chi connectivity index (χ4v) is 3.24. The van der Waals surface area contributed by atoms with Crippen molar-refractivity contribution in [3.05, 3.63) is 24.0 Å². The summed E-state index contributed by atoms with van der Waals surface area (Å²) in [5.41, 5.74) is 7.43. The second-order valence-corrected chi connectivity index (χ2v) is 7.15. The van der Waals surface area contributed by atoms with E-state index in [4.69, 9.17) is 10.5 Å². The standard InChI is InChI=1S/C14H21N3O3S/c1-17-11-7-4-8-12(21(3,18)19)13(11)16-14(17)10(15)6-5-9-20-2/h4,7-8,10H,5-6,9,15H2,1-3H3. The maximum Gasteiger partial charge on any atom is 0.177 e. The summed E-state index contributed by atoms with van der Waals surface area (Å²) in [4.78, 5) is 4.72. The zero-order chi connectivity index (χ0) is 15.6. The molecule has 2 aromatic rings. The highest BCUT2D eigenvalue weighted by Gasteiger charge is 2.20. The van der Waals surface area contributed by atoms with Crippen molar-refractivity contribution in [3.8, 4) is 0 Å². The van der Waals surface area contributed by atoms with E-state index in [1.807, 2.05) is 17.7 Å². The van der Waals surface area contributed by atoms with Crippen LogP contribution in [-0.4, -0.2) is 37.9 Å². The van der Waals surface area contributed by atoms with Gasteiger partial charge in [0.15, 0.2) is 9.84 Å². The quantitative estimate of drug-likeness (QED) is 0.815. The van der Waals surface area contributed by atoms with E-state index in [-0.39, 0.29) is 10.9 Å². The maximum absolute atomic E-state index is 11.9. The summed E-state index contributed by atoms with van der Waals surface area (Å²) in [5, 5.41) is 0. The van der Waals surface area contributed by atoms with Crippen molar-refractivity contribution in [1.82, 2.24) is 9.55 Å². The number of para-hydroxylation sites is 1. The number of aromatic nitrogens is 2. The number of rotatable bonds is 6. The molecule has 0 aliphatic rings. The van der Waals surface area contributed by atoms with Crippen LogP contribution in [-0.2, 0) is 21.6 Å². The molecule has 7 heteroatoms. The van der Waals surface area contributed by atoms with Gasteiger partial charge in [0.25, 0.3) is 0 Å². The molecule has 0 fully saturated rings. The number of sulfone groups is 1. The van der Waals surface area contributed by atoms with E-state index in [1.165, 1.54) is 6.26 Å². The van der Waals surface area contributed by atoms with Gasteiger partial charge >= 0.3 is 0 Å². The second kappa shape index (κ2) is 6.13. The molecule has 2 rings (SSSR count). The predicted octanol–water partition coefficient (Wildman–Crippen LogP) is 1.40. The van der Waals surface area contributed by atoms with Crippen LogP contribution in [0.1, 0.15) is 24.7 Å². The smallest absolute Gasteiger partial charge is 0.177 e. The molecule has 1 atom stereocenters. The van der Waals surface area contributed by atoms with Crippen LogP contribution < -0.4 is 5.73 Å². The molecule has 0 bridgehead atoms. The highest BCUT2D eigenvalue weighted by atomic mass is 32.2. The first kappa shape index (κ1) is 15.9. The third-order valence-corrected chi connectivity index (χ3v) is 4.63. The van der Waals surface area contributed by atoms with E-state index in [1.54, 1.807) is 19.2 Å². The first-order chi connectivity index (χ1) is 9.86. The lowest BCUT2D eigenvalue weighted by molar-refractivity contribution is 0.190. The Morgan fingerprint density at radius 2 is 2.14 bits per heavy atom. The van der Waals surface area contributed by atoms with E-state index in [0.29, 0.717) is 17.9 Å². The zero-order valence-corrected chi connectivity index (χ0v) is 13.4. The first-order valence-electron chi connectivity index (χ1n) is 6.76. The van der Waals surface area contributed by atoms with Gasteiger partial charge in [-0.3, -0.25) is 0 Å². The third-order valence-electron chi connectivity index (χ3n) is 3.50. The van der Waals surface area contributed by atoms with Crippen LogP contribution in [0, 0.1) is 0 Å². The summed E-state index contributed by atoms with van der Waals surface area (Å²) in [7, 11) is 0.190. The van der Waals surface area contributed by atoms with Crippen LogP contribution in [0.2, 0.25) is 0 Å². The Kier molecular flexibility index (Phi) is 4.65. The SMILES string of the molecule is COCCCC(N)c1nc2c(S(C)(=O)=O)cccc2n1C. The number of hydrogen-bond acceptors (Lipinski definition) is 5. The molecule has 1 aromatic heterocycles. The summed E-state index contributed by atoms with van der Waals surface area (Å²) in [6, 6.07) is 4.90. The molecule has 0 radical (unpaired) electrons. The molecule has 1 unspecified atom stereocenters.